The summed E-state index contributed by atoms with van der Waals surface area (Å²) in [7, 11) is 1.66. The lowest BCUT2D eigenvalue weighted by molar-refractivity contribution is -0.193. The largest absolute Gasteiger partial charge is 0.490 e. The van der Waals surface area contributed by atoms with Crippen molar-refractivity contribution in [3.8, 4) is 5.88 Å². The fraction of sp³-hybridized carbons (Fsp3) is 0.545. The zero-order valence-corrected chi connectivity index (χ0v) is 19.8. The zero-order valence-electron chi connectivity index (χ0n) is 19.8. The normalized spacial score (nSPS) is 17.3. The van der Waals surface area contributed by atoms with Gasteiger partial charge in [0.25, 0.3) is 0 Å². The van der Waals surface area contributed by atoms with E-state index in [1.807, 2.05) is 17.0 Å². The van der Waals surface area contributed by atoms with Crippen molar-refractivity contribution in [2.24, 2.45) is 5.41 Å². The number of carboxylic acids is 2. The van der Waals surface area contributed by atoms with Gasteiger partial charge >= 0.3 is 24.3 Å². The quantitative estimate of drug-likeness (QED) is 0.429. The van der Waals surface area contributed by atoms with Crippen LogP contribution in [-0.2, 0) is 20.9 Å². The molecule has 2 aliphatic heterocycles. The Balaban J connectivity index is 0.000000404. The van der Waals surface area contributed by atoms with E-state index in [9.17, 15) is 31.1 Å². The van der Waals surface area contributed by atoms with Crippen LogP contribution in [0.25, 0.3) is 0 Å². The molecule has 0 aromatic carbocycles. The Morgan fingerprint density at radius 1 is 1.08 bits per heavy atom. The molecule has 2 saturated heterocycles. The average molecular weight is 543 g/mol. The third-order valence-corrected chi connectivity index (χ3v) is 5.69. The smallest absolute Gasteiger partial charge is 0.481 e. The lowest BCUT2D eigenvalue weighted by Gasteiger charge is -2.38. The van der Waals surface area contributed by atoms with Crippen LogP contribution in [0.4, 0.5) is 26.3 Å². The summed E-state index contributed by atoms with van der Waals surface area (Å²) < 4.78 is 68.8. The monoisotopic (exact) mass is 543 g/mol. The van der Waals surface area contributed by atoms with Crippen molar-refractivity contribution in [1.29, 1.82) is 0 Å². The molecule has 9 nitrogen and oxygen atoms in total. The summed E-state index contributed by atoms with van der Waals surface area (Å²) in [4.78, 5) is 39.1. The van der Waals surface area contributed by atoms with Gasteiger partial charge in [-0.25, -0.2) is 14.6 Å². The van der Waals surface area contributed by atoms with Crippen molar-refractivity contribution in [2.45, 2.75) is 38.2 Å². The number of hydrogen-bond donors (Lipinski definition) is 2. The molecule has 0 atom stereocenters. The summed E-state index contributed by atoms with van der Waals surface area (Å²) in [6.07, 6.45) is -3.71. The summed E-state index contributed by atoms with van der Waals surface area (Å²) in [5.74, 6) is -4.49. The van der Waals surface area contributed by atoms with Gasteiger partial charge in [0.2, 0.25) is 11.8 Å². The fourth-order valence-corrected chi connectivity index (χ4v) is 3.80. The molecule has 3 rings (SSSR count). The number of carbonyl (C=O) groups excluding carboxylic acids is 1. The minimum absolute atomic E-state index is 0.126. The summed E-state index contributed by atoms with van der Waals surface area (Å²) in [5, 5.41) is 14.2. The third-order valence-electron chi connectivity index (χ3n) is 5.69. The van der Waals surface area contributed by atoms with Gasteiger partial charge in [0, 0.05) is 31.4 Å². The predicted molar refractivity (Wildman–Crippen MR) is 117 cm³/mol. The molecule has 1 aromatic heterocycles. The molecule has 0 saturated carbocycles. The van der Waals surface area contributed by atoms with Gasteiger partial charge in [-0.05, 0) is 38.4 Å². The molecule has 1 amide bonds. The minimum Gasteiger partial charge on any atom is -0.481 e. The van der Waals surface area contributed by atoms with Crippen LogP contribution in [-0.4, -0.2) is 88.5 Å². The number of aromatic nitrogens is 1. The number of methoxy groups -OCH3 is 1. The Bertz CT molecular complexity index is 922. The number of nitrogens with zero attached hydrogens (tertiary/aromatic N) is 3. The number of alkyl halides is 6. The lowest BCUT2D eigenvalue weighted by Crippen LogP contribution is -2.44. The first-order valence-electron chi connectivity index (χ1n) is 10.8. The Morgan fingerprint density at radius 2 is 1.57 bits per heavy atom. The van der Waals surface area contributed by atoms with Crippen LogP contribution in [0.3, 0.4) is 0 Å². The van der Waals surface area contributed by atoms with Crippen LogP contribution in [0.1, 0.15) is 24.8 Å². The molecule has 0 radical (unpaired) electrons. The molecular weight excluding hydrogens is 516 g/mol. The third kappa shape index (κ3) is 9.55. The first-order chi connectivity index (χ1) is 17.1. The second-order valence-corrected chi connectivity index (χ2v) is 8.12. The predicted octanol–water partition coefficient (Wildman–Crippen LogP) is 3.36. The van der Waals surface area contributed by atoms with Gasteiger partial charge in [0.15, 0.2) is 0 Å². The van der Waals surface area contributed by atoms with Gasteiger partial charge in [0.1, 0.15) is 0 Å². The summed E-state index contributed by atoms with van der Waals surface area (Å²) in [6, 6.07) is 4.00. The number of carbonyl (C=O) groups is 3. The molecule has 2 aliphatic rings. The summed E-state index contributed by atoms with van der Waals surface area (Å²) in [6.45, 7) is 8.03. The van der Waals surface area contributed by atoms with Crippen LogP contribution in [0.5, 0.6) is 5.88 Å². The van der Waals surface area contributed by atoms with E-state index in [1.165, 1.54) is 0 Å². The van der Waals surface area contributed by atoms with Gasteiger partial charge in [-0.2, -0.15) is 26.3 Å². The highest BCUT2D eigenvalue weighted by Crippen LogP contribution is 2.41. The van der Waals surface area contributed by atoms with Crippen molar-refractivity contribution < 1.29 is 55.7 Å². The minimum atomic E-state index is -5.08. The van der Waals surface area contributed by atoms with Gasteiger partial charge in [0.05, 0.1) is 12.5 Å². The SMILES string of the molecule is C=CCN1CCC2(CCN(Cc3cccnc3OC)CC2)C1=O.O=C(O)C(F)(F)F.O=C(O)C(F)(F)F. The Kier molecular flexibility index (Phi) is 11.4. The second-order valence-electron chi connectivity index (χ2n) is 8.12. The van der Waals surface area contributed by atoms with Crippen molar-refractivity contribution in [2.75, 3.05) is 33.3 Å². The van der Waals surface area contributed by atoms with Crippen LogP contribution < -0.4 is 4.74 Å². The van der Waals surface area contributed by atoms with E-state index in [-0.39, 0.29) is 5.41 Å². The zero-order chi connectivity index (χ0) is 28.4. The van der Waals surface area contributed by atoms with Gasteiger partial charge < -0.3 is 19.8 Å². The van der Waals surface area contributed by atoms with E-state index >= 15 is 0 Å². The van der Waals surface area contributed by atoms with Crippen molar-refractivity contribution in [3.63, 3.8) is 0 Å². The fourth-order valence-electron chi connectivity index (χ4n) is 3.80. The second kappa shape index (κ2) is 13.3. The first-order valence-corrected chi connectivity index (χ1v) is 10.8. The number of ether oxygens (including phenoxy) is 1. The highest BCUT2D eigenvalue weighted by atomic mass is 19.4. The van der Waals surface area contributed by atoms with E-state index in [2.05, 4.69) is 22.5 Å². The van der Waals surface area contributed by atoms with Crippen molar-refractivity contribution in [1.82, 2.24) is 14.8 Å². The number of aliphatic carboxylic acids is 2. The van der Waals surface area contributed by atoms with Crippen LogP contribution in [0, 0.1) is 5.41 Å². The summed E-state index contributed by atoms with van der Waals surface area (Å²) in [5.41, 5.74) is 0.982. The molecule has 15 heteroatoms. The Morgan fingerprint density at radius 3 is 2.00 bits per heavy atom. The first kappa shape index (κ1) is 31.7. The number of carboxylic acid groups (broad SMARTS) is 2. The van der Waals surface area contributed by atoms with E-state index in [0.717, 1.165) is 51.0 Å². The van der Waals surface area contributed by atoms with E-state index < -0.39 is 24.3 Å². The lowest BCUT2D eigenvalue weighted by atomic mass is 9.77. The van der Waals surface area contributed by atoms with Crippen molar-refractivity contribution in [3.05, 3.63) is 36.5 Å². The molecule has 0 bridgehead atoms. The number of likely N-dealkylation sites (tertiary alicyclic amines) is 2. The molecule has 1 aromatic rings. The highest BCUT2D eigenvalue weighted by Gasteiger charge is 2.47. The maximum Gasteiger partial charge on any atom is 0.490 e. The maximum absolute atomic E-state index is 12.7. The molecule has 2 N–H and O–H groups in total. The van der Waals surface area contributed by atoms with Gasteiger partial charge in [-0.3, -0.25) is 9.69 Å². The maximum atomic E-state index is 12.7. The van der Waals surface area contributed by atoms with E-state index in [4.69, 9.17) is 24.5 Å². The van der Waals surface area contributed by atoms with Crippen LogP contribution in [0.15, 0.2) is 31.0 Å². The van der Waals surface area contributed by atoms with Gasteiger partial charge in [-0.1, -0.05) is 12.1 Å². The topological polar surface area (TPSA) is 120 Å². The summed E-state index contributed by atoms with van der Waals surface area (Å²) >= 11 is 0. The molecule has 2 fully saturated rings. The van der Waals surface area contributed by atoms with Gasteiger partial charge in [-0.15, -0.1) is 6.58 Å². The number of hydrogen-bond acceptors (Lipinski definition) is 6. The number of amides is 1. The van der Waals surface area contributed by atoms with E-state index in [1.54, 1.807) is 13.3 Å². The number of piperidine rings is 1. The number of pyridine rings is 1. The Hall–Kier alpha value is -3.36. The molecule has 37 heavy (non-hydrogen) atoms. The molecule has 208 valence electrons. The average Bonchev–Trinajstić information content (AvgIpc) is 3.11. The number of rotatable bonds is 5. The standard InChI is InChI=1S/C18H25N3O2.2C2HF3O2/c1-3-10-21-13-8-18(17(21)22)6-11-20(12-7-18)14-15-5-4-9-19-16(15)23-2;2*3-2(4,5)1(6)7/h3-5,9H,1,6-8,10-14H2,2H3;2*(H,6,7). The highest BCUT2D eigenvalue weighted by molar-refractivity contribution is 5.85. The van der Waals surface area contributed by atoms with Crippen LogP contribution >= 0.6 is 0 Å². The molecule has 3 heterocycles. The molecule has 0 unspecified atom stereocenters. The number of halogens is 6. The molecular formula is C22H27F6N3O6. The Labute approximate surface area is 208 Å². The van der Waals surface area contributed by atoms with Crippen LogP contribution in [0.2, 0.25) is 0 Å². The van der Waals surface area contributed by atoms with Crippen molar-refractivity contribution >= 4 is 17.8 Å². The van der Waals surface area contributed by atoms with E-state index in [0.29, 0.717) is 18.3 Å². The molecule has 1 spiro atoms. The molecule has 0 aliphatic carbocycles.